The third kappa shape index (κ3) is 8.14. The first-order chi connectivity index (χ1) is 24.4. The molecule has 3 aromatic carbocycles. The molecule has 2 saturated heterocycles. The average Bonchev–Trinajstić information content (AvgIpc) is 3.65. The van der Waals surface area contributed by atoms with Crippen molar-refractivity contribution in [3.8, 4) is 0 Å². The van der Waals surface area contributed by atoms with Crippen LogP contribution in [0.2, 0.25) is 0 Å². The van der Waals surface area contributed by atoms with Gasteiger partial charge < -0.3 is 24.3 Å². The number of H-pyrrole nitrogens is 1. The Morgan fingerprint density at radius 3 is 1.75 bits per heavy atom. The van der Waals surface area contributed by atoms with Crippen LogP contribution in [0.25, 0.3) is 21.8 Å². The Balaban J connectivity index is 0.000000198. The predicted molar refractivity (Wildman–Crippen MR) is 204 cm³/mol. The molecule has 0 saturated carbocycles. The van der Waals surface area contributed by atoms with Crippen LogP contribution in [-0.4, -0.2) is 76.7 Å². The molecule has 1 N–H and O–H groups in total. The Bertz CT molecular complexity index is 2180. The van der Waals surface area contributed by atoms with E-state index in [1.807, 2.05) is 84.1 Å². The molecule has 276 valence electrons. The third-order valence-corrected chi connectivity index (χ3v) is 11.1. The Hall–Kier alpha value is -4.77. The van der Waals surface area contributed by atoms with Crippen molar-refractivity contribution in [1.82, 2.24) is 18.8 Å². The smallest absolute Gasteiger partial charge is 0.410 e. The summed E-state index contributed by atoms with van der Waals surface area (Å²) in [5, 5.41) is 2.08. The van der Waals surface area contributed by atoms with Crippen LogP contribution < -0.4 is 0 Å². The lowest BCUT2D eigenvalue weighted by Crippen LogP contribution is -2.50. The minimum absolute atomic E-state index is 0.212. The van der Waals surface area contributed by atoms with Crippen LogP contribution in [0.4, 0.5) is 9.59 Å². The number of benzene rings is 3. The summed E-state index contributed by atoms with van der Waals surface area (Å²) < 4.78 is 38.5. The summed E-state index contributed by atoms with van der Waals surface area (Å²) >= 11 is 0. The van der Waals surface area contributed by atoms with E-state index in [2.05, 4.69) is 43.1 Å². The molecule has 0 atom stereocenters. The van der Waals surface area contributed by atoms with Crippen LogP contribution in [0.3, 0.4) is 0 Å². The molecule has 0 bridgehead atoms. The van der Waals surface area contributed by atoms with Crippen molar-refractivity contribution in [2.75, 3.05) is 26.2 Å². The van der Waals surface area contributed by atoms with Crippen molar-refractivity contribution in [3.05, 3.63) is 102 Å². The molecule has 2 aliphatic heterocycles. The summed E-state index contributed by atoms with van der Waals surface area (Å²) in [6.45, 7) is 18.1. The molecule has 2 amide bonds. The van der Waals surface area contributed by atoms with Crippen LogP contribution >= 0.6 is 0 Å². The summed E-state index contributed by atoms with van der Waals surface area (Å²) in [5.41, 5.74) is 4.34. The number of fused-ring (bicyclic) bond motifs is 2. The number of likely N-dealkylation sites (tertiary alicyclic amines) is 2. The number of carbonyl (C=O) groups excluding carboxylic acids is 2. The molecule has 2 fully saturated rings. The van der Waals surface area contributed by atoms with Crippen molar-refractivity contribution in [1.29, 1.82) is 0 Å². The van der Waals surface area contributed by atoms with Crippen LogP contribution in [0.15, 0.2) is 90.1 Å². The van der Waals surface area contributed by atoms with E-state index < -0.39 is 21.2 Å². The van der Waals surface area contributed by atoms with Gasteiger partial charge in [-0.2, -0.15) is 0 Å². The molecule has 0 radical (unpaired) electrons. The van der Waals surface area contributed by atoms with Gasteiger partial charge in [0.15, 0.2) is 0 Å². The van der Waals surface area contributed by atoms with Crippen molar-refractivity contribution in [3.63, 3.8) is 0 Å². The lowest BCUT2D eigenvalue weighted by Gasteiger charge is -2.40. The highest BCUT2D eigenvalue weighted by Gasteiger charge is 2.36. The molecule has 0 aliphatic carbocycles. The van der Waals surface area contributed by atoms with Gasteiger partial charge in [0.2, 0.25) is 0 Å². The maximum absolute atomic E-state index is 13.2. The normalized spacial score (nSPS) is 15.6. The molecule has 4 heterocycles. The number of carbonyl (C=O) groups is 2. The van der Waals surface area contributed by atoms with Crippen LogP contribution in [0.1, 0.15) is 89.8 Å². The number of aromatic nitrogens is 2. The molecule has 0 spiro atoms. The summed E-state index contributed by atoms with van der Waals surface area (Å²) in [7, 11) is -3.68. The first-order valence-electron chi connectivity index (χ1n) is 17.9. The molecule has 10 nitrogen and oxygen atoms in total. The highest BCUT2D eigenvalue weighted by molar-refractivity contribution is 7.90. The van der Waals surface area contributed by atoms with Gasteiger partial charge in [-0.3, -0.25) is 0 Å². The number of nitrogens with one attached hydrogen (secondary N) is 1. The van der Waals surface area contributed by atoms with Crippen LogP contribution in [-0.2, 0) is 19.5 Å². The van der Waals surface area contributed by atoms with Crippen molar-refractivity contribution < 1.29 is 27.5 Å². The van der Waals surface area contributed by atoms with Crippen molar-refractivity contribution in [2.24, 2.45) is 0 Å². The van der Waals surface area contributed by atoms with Crippen LogP contribution in [0.5, 0.6) is 0 Å². The van der Waals surface area contributed by atoms with Gasteiger partial charge in [0.1, 0.15) is 11.2 Å². The van der Waals surface area contributed by atoms with Gasteiger partial charge in [0, 0.05) is 61.3 Å². The second-order valence-corrected chi connectivity index (χ2v) is 18.0. The largest absolute Gasteiger partial charge is 0.444 e. The summed E-state index contributed by atoms with van der Waals surface area (Å²) in [5.74, 6) is 0.979. The maximum atomic E-state index is 13.2. The van der Waals surface area contributed by atoms with E-state index in [0.29, 0.717) is 30.4 Å². The molecule has 11 heteroatoms. The molecule has 7 rings (SSSR count). The first-order valence-corrected chi connectivity index (χ1v) is 19.3. The molecule has 2 aliphatic rings. The SMILES string of the molecule is CC(C)(C)OC(=O)N1CC(c2ccc3[nH]ccc3c2)C1.CC(C)c1ccc(S(=O)(=O)n2ccc3cc(C4CN(C(=O)OC(C)(C)C)C4)ccc32)cc1. The number of hydrogen-bond donors (Lipinski definition) is 1. The second kappa shape index (κ2) is 14.0. The molecular weight excluding hydrogens is 677 g/mol. The summed E-state index contributed by atoms with van der Waals surface area (Å²) in [6.07, 6.45) is 3.04. The maximum Gasteiger partial charge on any atom is 0.410 e. The van der Waals surface area contributed by atoms with Gasteiger partial charge in [0.05, 0.1) is 10.4 Å². The van der Waals surface area contributed by atoms with Crippen LogP contribution in [0, 0.1) is 0 Å². The van der Waals surface area contributed by atoms with E-state index in [9.17, 15) is 18.0 Å². The van der Waals surface area contributed by atoms with Gasteiger partial charge in [-0.25, -0.2) is 22.0 Å². The van der Waals surface area contributed by atoms with Gasteiger partial charge in [-0.05, 0) is 118 Å². The van der Waals surface area contributed by atoms with E-state index in [-0.39, 0.29) is 23.0 Å². The molecular formula is C41H50N4O6S. The fraction of sp³-hybridized carbons (Fsp3) is 0.415. The van der Waals surface area contributed by atoms with E-state index in [4.69, 9.17) is 9.47 Å². The Morgan fingerprint density at radius 2 is 1.23 bits per heavy atom. The van der Waals surface area contributed by atoms with Gasteiger partial charge in [0.25, 0.3) is 10.0 Å². The number of rotatable bonds is 5. The van der Waals surface area contributed by atoms with E-state index >= 15 is 0 Å². The highest BCUT2D eigenvalue weighted by Crippen LogP contribution is 2.33. The van der Waals surface area contributed by atoms with Crippen molar-refractivity contribution >= 4 is 44.0 Å². The summed E-state index contributed by atoms with van der Waals surface area (Å²) in [4.78, 5) is 31.0. The monoisotopic (exact) mass is 726 g/mol. The minimum atomic E-state index is -3.68. The zero-order valence-corrected chi connectivity index (χ0v) is 32.2. The predicted octanol–water partition coefficient (Wildman–Crippen LogP) is 8.84. The topological polar surface area (TPSA) is 114 Å². The Labute approximate surface area is 306 Å². The molecule has 2 aromatic heterocycles. The quantitative estimate of drug-likeness (QED) is 0.194. The minimum Gasteiger partial charge on any atom is -0.444 e. The molecule has 5 aromatic rings. The van der Waals surface area contributed by atoms with Gasteiger partial charge in [-0.1, -0.05) is 38.1 Å². The fourth-order valence-corrected chi connectivity index (χ4v) is 7.75. The number of nitrogens with zero attached hydrogens (tertiary/aromatic N) is 3. The number of amides is 2. The van der Waals surface area contributed by atoms with E-state index in [1.165, 1.54) is 14.9 Å². The van der Waals surface area contributed by atoms with E-state index in [1.54, 1.807) is 28.1 Å². The summed E-state index contributed by atoms with van der Waals surface area (Å²) in [6, 6.07) is 23.2. The van der Waals surface area contributed by atoms with Gasteiger partial charge in [-0.15, -0.1) is 0 Å². The Kier molecular flexibility index (Phi) is 9.95. The lowest BCUT2D eigenvalue weighted by atomic mass is 9.91. The fourth-order valence-electron chi connectivity index (χ4n) is 6.39. The molecule has 0 unspecified atom stereocenters. The van der Waals surface area contributed by atoms with Crippen molar-refractivity contribution in [2.45, 2.75) is 89.2 Å². The second-order valence-electron chi connectivity index (χ2n) is 16.1. The standard InChI is InChI=1S/C25H30N2O4S.C16H20N2O2/c1-17(2)18-6-9-22(10-7-18)32(29,30)27-13-12-20-14-19(8-11-23(20)27)21-15-26(16-21)24(28)31-25(3,4)5;1-16(2,3)20-15(19)18-9-13(10-18)11-4-5-14-12(8-11)6-7-17-14/h6-14,17,21H,15-16H2,1-5H3;4-8,13,17H,9-10H2,1-3H3. The zero-order valence-electron chi connectivity index (χ0n) is 31.3. The first kappa shape index (κ1) is 37.0. The highest BCUT2D eigenvalue weighted by atomic mass is 32.2. The molecule has 52 heavy (non-hydrogen) atoms. The van der Waals surface area contributed by atoms with Gasteiger partial charge >= 0.3 is 12.2 Å². The number of ether oxygens (including phenoxy) is 2. The third-order valence-electron chi connectivity index (χ3n) is 9.37. The lowest BCUT2D eigenvalue weighted by molar-refractivity contribution is 0.00728. The Morgan fingerprint density at radius 1 is 0.712 bits per heavy atom. The average molecular weight is 727 g/mol. The van der Waals surface area contributed by atoms with E-state index in [0.717, 1.165) is 35.1 Å². The number of hydrogen-bond acceptors (Lipinski definition) is 6. The number of aromatic amines is 1. The zero-order chi connectivity index (χ0) is 37.6.